The van der Waals surface area contributed by atoms with Crippen LogP contribution in [0.5, 0.6) is 0 Å². The maximum atomic E-state index is 13.0. The second kappa shape index (κ2) is 7.28. The maximum absolute atomic E-state index is 13.0. The van der Waals surface area contributed by atoms with Gasteiger partial charge in [0.25, 0.3) is 5.91 Å². The van der Waals surface area contributed by atoms with E-state index in [9.17, 15) is 4.79 Å². The summed E-state index contributed by atoms with van der Waals surface area (Å²) < 4.78 is 6.61. The molecule has 5 nitrogen and oxygen atoms in total. The summed E-state index contributed by atoms with van der Waals surface area (Å²) in [5.74, 6) is 0.126. The van der Waals surface area contributed by atoms with Crippen LogP contribution < -0.4 is 0 Å². The first-order chi connectivity index (χ1) is 12.5. The van der Waals surface area contributed by atoms with E-state index >= 15 is 0 Å². The molecular formula is C21H31N3O2. The number of aromatic nitrogens is 1. The molecular weight excluding hydrogens is 326 g/mol. The third-order valence-corrected chi connectivity index (χ3v) is 6.17. The van der Waals surface area contributed by atoms with E-state index in [-0.39, 0.29) is 11.5 Å². The number of pyridine rings is 1. The van der Waals surface area contributed by atoms with Gasteiger partial charge in [-0.2, -0.15) is 0 Å². The number of carbonyl (C=O) groups is 1. The largest absolute Gasteiger partial charge is 0.369 e. The van der Waals surface area contributed by atoms with Crippen LogP contribution in [0.2, 0.25) is 0 Å². The van der Waals surface area contributed by atoms with Crippen LogP contribution in [0.1, 0.15) is 60.3 Å². The first-order valence-corrected chi connectivity index (χ1v) is 10.2. The van der Waals surface area contributed by atoms with Gasteiger partial charge in [-0.3, -0.25) is 9.78 Å². The molecule has 4 rings (SSSR count). The van der Waals surface area contributed by atoms with Gasteiger partial charge in [-0.25, -0.2) is 0 Å². The lowest BCUT2D eigenvalue weighted by molar-refractivity contribution is -0.126. The Bertz CT molecular complexity index is 651. The number of ether oxygens (including phenoxy) is 1. The van der Waals surface area contributed by atoms with Crippen molar-refractivity contribution in [2.24, 2.45) is 0 Å². The van der Waals surface area contributed by atoms with Crippen LogP contribution in [0.15, 0.2) is 12.1 Å². The van der Waals surface area contributed by atoms with Crippen molar-refractivity contribution < 1.29 is 9.53 Å². The minimum atomic E-state index is -0.116. The Morgan fingerprint density at radius 1 is 1.15 bits per heavy atom. The fourth-order valence-electron chi connectivity index (χ4n) is 4.96. The first-order valence-electron chi connectivity index (χ1n) is 10.2. The van der Waals surface area contributed by atoms with Gasteiger partial charge in [0.05, 0.1) is 18.2 Å². The SMILES string of the molecule is Cc1cc(C(=O)N2CC[C@@]3(CCC[C@H](CN4CCCC4)O3)C2)cc(C)n1. The molecule has 3 fully saturated rings. The minimum Gasteiger partial charge on any atom is -0.369 e. The lowest BCUT2D eigenvalue weighted by atomic mass is 9.90. The van der Waals surface area contributed by atoms with Gasteiger partial charge in [-0.15, -0.1) is 0 Å². The fraction of sp³-hybridized carbons (Fsp3) is 0.714. The molecule has 1 spiro atoms. The summed E-state index contributed by atoms with van der Waals surface area (Å²) in [4.78, 5) is 21.9. The summed E-state index contributed by atoms with van der Waals surface area (Å²) in [7, 11) is 0. The number of rotatable bonds is 3. The molecule has 142 valence electrons. The molecule has 0 saturated carbocycles. The minimum absolute atomic E-state index is 0.116. The first kappa shape index (κ1) is 17.9. The molecule has 1 aromatic heterocycles. The topological polar surface area (TPSA) is 45.7 Å². The summed E-state index contributed by atoms with van der Waals surface area (Å²) in [6, 6.07) is 3.80. The van der Waals surface area contributed by atoms with Gasteiger partial charge >= 0.3 is 0 Å². The Morgan fingerprint density at radius 3 is 2.62 bits per heavy atom. The summed E-state index contributed by atoms with van der Waals surface area (Å²) in [5, 5.41) is 0. The van der Waals surface area contributed by atoms with Crippen LogP contribution >= 0.6 is 0 Å². The van der Waals surface area contributed by atoms with E-state index in [0.29, 0.717) is 6.10 Å². The Kier molecular flexibility index (Phi) is 5.02. The second-order valence-corrected chi connectivity index (χ2v) is 8.44. The molecule has 0 aromatic carbocycles. The summed E-state index contributed by atoms with van der Waals surface area (Å²) in [6.07, 6.45) is 7.42. The maximum Gasteiger partial charge on any atom is 0.254 e. The van der Waals surface area contributed by atoms with Gasteiger partial charge in [-0.1, -0.05) is 0 Å². The van der Waals surface area contributed by atoms with E-state index in [2.05, 4.69) is 9.88 Å². The van der Waals surface area contributed by atoms with E-state index in [1.165, 1.54) is 32.4 Å². The average Bonchev–Trinajstić information content (AvgIpc) is 3.24. The number of amides is 1. The highest BCUT2D eigenvalue weighted by Crippen LogP contribution is 2.37. The Balaban J connectivity index is 1.40. The fourth-order valence-corrected chi connectivity index (χ4v) is 4.96. The molecule has 5 heteroatoms. The van der Waals surface area contributed by atoms with Crippen LogP contribution in [-0.4, -0.2) is 65.1 Å². The van der Waals surface area contributed by atoms with Gasteiger partial charge in [-0.05, 0) is 77.6 Å². The molecule has 2 atom stereocenters. The van der Waals surface area contributed by atoms with Crippen molar-refractivity contribution >= 4 is 5.91 Å². The third-order valence-electron chi connectivity index (χ3n) is 6.17. The van der Waals surface area contributed by atoms with Crippen molar-refractivity contribution in [2.45, 2.75) is 64.1 Å². The zero-order valence-electron chi connectivity index (χ0n) is 16.2. The summed E-state index contributed by atoms with van der Waals surface area (Å²) >= 11 is 0. The Morgan fingerprint density at radius 2 is 1.88 bits per heavy atom. The molecule has 0 N–H and O–H groups in total. The van der Waals surface area contributed by atoms with Gasteiger partial charge < -0.3 is 14.5 Å². The number of carbonyl (C=O) groups excluding carboxylic acids is 1. The van der Waals surface area contributed by atoms with E-state index < -0.39 is 0 Å². The molecule has 1 amide bonds. The smallest absolute Gasteiger partial charge is 0.254 e. The highest BCUT2D eigenvalue weighted by molar-refractivity contribution is 5.94. The quantitative estimate of drug-likeness (QED) is 0.834. The molecule has 3 aliphatic heterocycles. The zero-order chi connectivity index (χ0) is 18.1. The highest BCUT2D eigenvalue weighted by atomic mass is 16.5. The van der Waals surface area contributed by atoms with Crippen molar-refractivity contribution in [1.29, 1.82) is 0 Å². The average molecular weight is 357 g/mol. The molecule has 0 bridgehead atoms. The van der Waals surface area contributed by atoms with Crippen molar-refractivity contribution in [2.75, 3.05) is 32.7 Å². The number of hydrogen-bond acceptors (Lipinski definition) is 4. The molecule has 0 radical (unpaired) electrons. The van der Waals surface area contributed by atoms with Gasteiger partial charge in [0.2, 0.25) is 0 Å². The summed E-state index contributed by atoms with van der Waals surface area (Å²) in [6.45, 7) is 8.94. The number of likely N-dealkylation sites (tertiary alicyclic amines) is 2. The predicted octanol–water partition coefficient (Wildman–Crippen LogP) is 2.95. The molecule has 4 heterocycles. The van der Waals surface area contributed by atoms with Crippen LogP contribution in [0.3, 0.4) is 0 Å². The predicted molar refractivity (Wildman–Crippen MR) is 101 cm³/mol. The van der Waals surface area contributed by atoms with E-state index in [4.69, 9.17) is 4.74 Å². The Hall–Kier alpha value is -1.46. The van der Waals surface area contributed by atoms with Crippen molar-refractivity contribution in [3.05, 3.63) is 29.1 Å². The monoisotopic (exact) mass is 357 g/mol. The lowest BCUT2D eigenvalue weighted by Gasteiger charge is -2.40. The van der Waals surface area contributed by atoms with E-state index in [1.54, 1.807) is 0 Å². The normalized spacial score (nSPS) is 29.6. The van der Waals surface area contributed by atoms with Crippen molar-refractivity contribution in [3.63, 3.8) is 0 Å². The van der Waals surface area contributed by atoms with E-state index in [0.717, 1.165) is 55.8 Å². The third kappa shape index (κ3) is 3.79. The number of nitrogens with zero attached hydrogens (tertiary/aromatic N) is 3. The van der Waals surface area contributed by atoms with Crippen LogP contribution in [0, 0.1) is 13.8 Å². The van der Waals surface area contributed by atoms with Crippen molar-refractivity contribution in [1.82, 2.24) is 14.8 Å². The van der Waals surface area contributed by atoms with Crippen LogP contribution in [0.4, 0.5) is 0 Å². The molecule has 0 aliphatic carbocycles. The Labute approximate surface area is 156 Å². The van der Waals surface area contributed by atoms with Gasteiger partial charge in [0.15, 0.2) is 0 Å². The molecule has 3 aliphatic rings. The van der Waals surface area contributed by atoms with Gasteiger partial charge in [0.1, 0.15) is 0 Å². The zero-order valence-corrected chi connectivity index (χ0v) is 16.2. The molecule has 0 unspecified atom stereocenters. The highest BCUT2D eigenvalue weighted by Gasteiger charge is 2.44. The van der Waals surface area contributed by atoms with Crippen molar-refractivity contribution in [3.8, 4) is 0 Å². The standard InChI is InChI=1S/C21H31N3O2/c1-16-12-18(13-17(2)22-16)20(25)24-11-8-21(15-24)7-5-6-19(26-21)14-23-9-3-4-10-23/h12-13,19H,3-11,14-15H2,1-2H3/t19-,21+/m1/s1. The lowest BCUT2D eigenvalue weighted by Crippen LogP contribution is -2.47. The number of aryl methyl sites for hydroxylation is 2. The van der Waals surface area contributed by atoms with Gasteiger partial charge in [0, 0.05) is 30.0 Å². The van der Waals surface area contributed by atoms with Crippen LogP contribution in [-0.2, 0) is 4.74 Å². The number of hydrogen-bond donors (Lipinski definition) is 0. The summed E-state index contributed by atoms with van der Waals surface area (Å²) in [5.41, 5.74) is 2.45. The molecule has 1 aromatic rings. The molecule has 26 heavy (non-hydrogen) atoms. The molecule has 3 saturated heterocycles. The van der Waals surface area contributed by atoms with Crippen LogP contribution in [0.25, 0.3) is 0 Å². The second-order valence-electron chi connectivity index (χ2n) is 8.44. The van der Waals surface area contributed by atoms with E-state index in [1.807, 2.05) is 30.9 Å².